The molecular formula is C24H23NO5. The van der Waals surface area contributed by atoms with Gasteiger partial charge in [-0.2, -0.15) is 0 Å². The molecule has 0 aliphatic heterocycles. The molecule has 30 heavy (non-hydrogen) atoms. The molecule has 0 amide bonds. The maximum atomic E-state index is 12.5. The van der Waals surface area contributed by atoms with Crippen molar-refractivity contribution in [3.63, 3.8) is 0 Å². The Morgan fingerprint density at radius 2 is 1.67 bits per heavy atom. The van der Waals surface area contributed by atoms with E-state index >= 15 is 0 Å². The van der Waals surface area contributed by atoms with Gasteiger partial charge in [0.25, 0.3) is 0 Å². The molecule has 1 heterocycles. The van der Waals surface area contributed by atoms with Gasteiger partial charge in [-0.15, -0.1) is 0 Å². The van der Waals surface area contributed by atoms with Crippen molar-refractivity contribution in [1.82, 2.24) is 0 Å². The molecule has 3 aromatic rings. The minimum Gasteiger partial charge on any atom is -0.497 e. The van der Waals surface area contributed by atoms with Gasteiger partial charge < -0.3 is 19.2 Å². The van der Waals surface area contributed by atoms with Crippen molar-refractivity contribution in [2.45, 2.75) is 25.3 Å². The third kappa shape index (κ3) is 4.22. The zero-order valence-electron chi connectivity index (χ0n) is 16.9. The van der Waals surface area contributed by atoms with Crippen LogP contribution in [0.5, 0.6) is 5.75 Å². The van der Waals surface area contributed by atoms with Crippen molar-refractivity contribution in [1.29, 1.82) is 0 Å². The Bertz CT molecular complexity index is 1100. The molecular weight excluding hydrogens is 382 g/mol. The Morgan fingerprint density at radius 3 is 2.23 bits per heavy atom. The summed E-state index contributed by atoms with van der Waals surface area (Å²) < 4.78 is 15.6. The number of hydrogen-bond donors (Lipinski definition) is 1. The highest BCUT2D eigenvalue weighted by Crippen LogP contribution is 2.40. The summed E-state index contributed by atoms with van der Waals surface area (Å²) in [4.78, 5) is 24.3. The van der Waals surface area contributed by atoms with Gasteiger partial charge >= 0.3 is 5.97 Å². The first-order valence-electron chi connectivity index (χ1n) is 9.82. The highest BCUT2D eigenvalue weighted by molar-refractivity contribution is 5.86. The zero-order valence-corrected chi connectivity index (χ0v) is 16.9. The van der Waals surface area contributed by atoms with E-state index in [2.05, 4.69) is 5.32 Å². The molecule has 154 valence electrons. The zero-order chi connectivity index (χ0) is 21.1. The SMILES string of the molecule is COC(=O)c1cc(=O)c(C2CC2)c(CNc2ccc(-c3ccc(OC)cc3)cc2)o1. The smallest absolute Gasteiger partial charge is 0.374 e. The van der Waals surface area contributed by atoms with Gasteiger partial charge in [-0.3, -0.25) is 4.79 Å². The molecule has 1 N–H and O–H groups in total. The third-order valence-corrected chi connectivity index (χ3v) is 5.19. The lowest BCUT2D eigenvalue weighted by atomic mass is 10.1. The van der Waals surface area contributed by atoms with E-state index in [-0.39, 0.29) is 17.1 Å². The molecule has 6 heteroatoms. The number of methoxy groups -OCH3 is 2. The molecule has 0 saturated heterocycles. The standard InChI is InChI=1S/C24H23NO5/c1-28-19-11-7-16(8-12-19)15-5-9-18(10-6-15)25-14-22-23(17-3-4-17)20(26)13-21(30-22)24(27)29-2/h5-13,17,25H,3-4,14H2,1-2H3. The average Bonchev–Trinajstić information content (AvgIpc) is 3.62. The quantitative estimate of drug-likeness (QED) is 0.579. The van der Waals surface area contributed by atoms with E-state index in [1.807, 2.05) is 48.5 Å². The second-order valence-electron chi connectivity index (χ2n) is 7.24. The fourth-order valence-corrected chi connectivity index (χ4v) is 3.43. The molecule has 1 aliphatic carbocycles. The van der Waals surface area contributed by atoms with E-state index in [0.29, 0.717) is 17.9 Å². The summed E-state index contributed by atoms with van der Waals surface area (Å²) in [6, 6.07) is 17.1. The second-order valence-corrected chi connectivity index (χ2v) is 7.24. The number of rotatable bonds is 7. The number of carbonyl (C=O) groups excluding carboxylic acids is 1. The largest absolute Gasteiger partial charge is 0.497 e. The Hall–Kier alpha value is -3.54. The van der Waals surface area contributed by atoms with Gasteiger partial charge in [0.15, 0.2) is 5.43 Å². The van der Waals surface area contributed by atoms with Crippen molar-refractivity contribution in [2.24, 2.45) is 0 Å². The molecule has 0 atom stereocenters. The van der Waals surface area contributed by atoms with E-state index in [1.54, 1.807) is 7.11 Å². The Kier molecular flexibility index (Phi) is 5.57. The van der Waals surface area contributed by atoms with Crippen LogP contribution in [0, 0.1) is 0 Å². The van der Waals surface area contributed by atoms with Gasteiger partial charge in [0.2, 0.25) is 5.76 Å². The predicted octanol–water partition coefficient (Wildman–Crippen LogP) is 4.59. The van der Waals surface area contributed by atoms with E-state index in [1.165, 1.54) is 13.2 Å². The topological polar surface area (TPSA) is 77.8 Å². The molecule has 0 unspecified atom stereocenters. The monoisotopic (exact) mass is 405 g/mol. The van der Waals surface area contributed by atoms with Crippen molar-refractivity contribution in [3.05, 3.63) is 81.9 Å². The van der Waals surface area contributed by atoms with Gasteiger partial charge in [0.05, 0.1) is 20.8 Å². The van der Waals surface area contributed by atoms with Crippen LogP contribution in [0.4, 0.5) is 5.69 Å². The fourth-order valence-electron chi connectivity index (χ4n) is 3.43. The van der Waals surface area contributed by atoms with Crippen LogP contribution in [0.25, 0.3) is 11.1 Å². The number of ether oxygens (including phenoxy) is 2. The first-order valence-corrected chi connectivity index (χ1v) is 9.82. The molecule has 1 fully saturated rings. The van der Waals surface area contributed by atoms with Crippen LogP contribution in [0.15, 0.2) is 63.8 Å². The molecule has 2 aromatic carbocycles. The maximum Gasteiger partial charge on any atom is 0.374 e. The van der Waals surface area contributed by atoms with Crippen molar-refractivity contribution < 1.29 is 18.7 Å². The van der Waals surface area contributed by atoms with Gasteiger partial charge in [0, 0.05) is 17.3 Å². The fraction of sp³-hybridized carbons (Fsp3) is 0.250. The van der Waals surface area contributed by atoms with E-state index in [4.69, 9.17) is 13.9 Å². The van der Waals surface area contributed by atoms with E-state index in [0.717, 1.165) is 35.4 Å². The maximum absolute atomic E-state index is 12.5. The summed E-state index contributed by atoms with van der Waals surface area (Å²) in [6.45, 7) is 0.313. The Morgan fingerprint density at radius 1 is 1.03 bits per heavy atom. The molecule has 0 bridgehead atoms. The summed E-state index contributed by atoms with van der Waals surface area (Å²) >= 11 is 0. The molecule has 1 aromatic heterocycles. The van der Waals surface area contributed by atoms with Gasteiger partial charge in [-0.05, 0) is 54.2 Å². The van der Waals surface area contributed by atoms with Crippen LogP contribution in [0.2, 0.25) is 0 Å². The number of hydrogen-bond acceptors (Lipinski definition) is 6. The summed E-state index contributed by atoms with van der Waals surface area (Å²) in [5.41, 5.74) is 3.55. The number of benzene rings is 2. The summed E-state index contributed by atoms with van der Waals surface area (Å²) in [5.74, 6) is 0.795. The van der Waals surface area contributed by atoms with Crippen LogP contribution in [0.1, 0.15) is 40.6 Å². The molecule has 6 nitrogen and oxygen atoms in total. The normalized spacial score (nSPS) is 13.0. The summed E-state index contributed by atoms with van der Waals surface area (Å²) in [6.07, 6.45) is 1.93. The summed E-state index contributed by atoms with van der Waals surface area (Å²) in [7, 11) is 2.91. The second kappa shape index (κ2) is 8.45. The number of nitrogens with one attached hydrogen (secondary N) is 1. The lowest BCUT2D eigenvalue weighted by molar-refractivity contribution is 0.0559. The van der Waals surface area contributed by atoms with E-state index in [9.17, 15) is 9.59 Å². The first-order chi connectivity index (χ1) is 14.6. The van der Waals surface area contributed by atoms with Crippen molar-refractivity contribution in [3.8, 4) is 16.9 Å². The van der Waals surface area contributed by atoms with Crippen LogP contribution < -0.4 is 15.5 Å². The van der Waals surface area contributed by atoms with Crippen LogP contribution in [-0.4, -0.2) is 20.2 Å². The highest BCUT2D eigenvalue weighted by Gasteiger charge is 2.31. The minimum absolute atomic E-state index is 0.0708. The van der Waals surface area contributed by atoms with Gasteiger partial charge in [-0.25, -0.2) is 4.79 Å². The van der Waals surface area contributed by atoms with Crippen LogP contribution >= 0.6 is 0 Å². The molecule has 0 radical (unpaired) electrons. The minimum atomic E-state index is -0.653. The number of esters is 1. The third-order valence-electron chi connectivity index (χ3n) is 5.19. The average molecular weight is 405 g/mol. The summed E-state index contributed by atoms with van der Waals surface area (Å²) in [5, 5.41) is 3.29. The molecule has 1 aliphatic rings. The lowest BCUT2D eigenvalue weighted by Crippen LogP contribution is -2.17. The van der Waals surface area contributed by atoms with Crippen LogP contribution in [-0.2, 0) is 11.3 Å². The molecule has 1 saturated carbocycles. The first kappa shape index (κ1) is 19.8. The number of anilines is 1. The van der Waals surface area contributed by atoms with Gasteiger partial charge in [-0.1, -0.05) is 24.3 Å². The number of carbonyl (C=O) groups is 1. The van der Waals surface area contributed by atoms with E-state index < -0.39 is 5.97 Å². The van der Waals surface area contributed by atoms with Crippen molar-refractivity contribution >= 4 is 11.7 Å². The Labute approximate surface area is 174 Å². The van der Waals surface area contributed by atoms with Crippen molar-refractivity contribution in [2.75, 3.05) is 19.5 Å². The Balaban J connectivity index is 1.52. The highest BCUT2D eigenvalue weighted by atomic mass is 16.5. The molecule has 0 spiro atoms. The lowest BCUT2D eigenvalue weighted by Gasteiger charge is -2.11. The van der Waals surface area contributed by atoms with Crippen LogP contribution in [0.3, 0.4) is 0 Å². The van der Waals surface area contributed by atoms with Gasteiger partial charge in [0.1, 0.15) is 11.5 Å². The predicted molar refractivity (Wildman–Crippen MR) is 114 cm³/mol. The molecule has 4 rings (SSSR count).